The van der Waals surface area contributed by atoms with E-state index in [1.54, 1.807) is 11.8 Å². The molecule has 3 nitrogen and oxygen atoms in total. The zero-order chi connectivity index (χ0) is 17.3. The molecule has 0 radical (unpaired) electrons. The average Bonchev–Trinajstić information content (AvgIpc) is 2.54. The summed E-state index contributed by atoms with van der Waals surface area (Å²) >= 11 is 1.56. The standard InChI is InChI=1S/C20H26N2OS/c1-13-9-15(3)20-17(10-13)14(2)11-18(21-20)24-12-19(23)22-8-6-5-7-16(22)4/h9-11,16H,5-8,12H2,1-4H3/t16-/m0/s1. The Balaban J connectivity index is 1.77. The van der Waals surface area contributed by atoms with Crippen molar-refractivity contribution in [3.8, 4) is 0 Å². The Hall–Kier alpha value is -1.55. The highest BCUT2D eigenvalue weighted by atomic mass is 32.2. The van der Waals surface area contributed by atoms with Crippen LogP contribution in [0, 0.1) is 20.8 Å². The lowest BCUT2D eigenvalue weighted by atomic mass is 10.0. The minimum absolute atomic E-state index is 0.243. The molecule has 2 aromatic rings. The number of carbonyl (C=O) groups is 1. The third-order valence-electron chi connectivity index (χ3n) is 4.90. The van der Waals surface area contributed by atoms with Crippen LogP contribution in [0.1, 0.15) is 42.9 Å². The molecule has 1 amide bonds. The number of piperidine rings is 1. The highest BCUT2D eigenvalue weighted by Gasteiger charge is 2.23. The molecule has 1 aromatic heterocycles. The van der Waals surface area contributed by atoms with Crippen molar-refractivity contribution in [1.29, 1.82) is 0 Å². The molecule has 0 bridgehead atoms. The van der Waals surface area contributed by atoms with Gasteiger partial charge in [0, 0.05) is 18.0 Å². The van der Waals surface area contributed by atoms with Crippen LogP contribution >= 0.6 is 11.8 Å². The fraction of sp³-hybridized carbons (Fsp3) is 0.500. The third-order valence-corrected chi connectivity index (χ3v) is 5.79. The molecule has 1 aliphatic rings. The summed E-state index contributed by atoms with van der Waals surface area (Å²) < 4.78 is 0. The van der Waals surface area contributed by atoms with Gasteiger partial charge in [-0.25, -0.2) is 4.98 Å². The maximum Gasteiger partial charge on any atom is 0.233 e. The monoisotopic (exact) mass is 342 g/mol. The number of hydrogen-bond acceptors (Lipinski definition) is 3. The molecule has 128 valence electrons. The van der Waals surface area contributed by atoms with Crippen molar-refractivity contribution in [2.45, 2.75) is 58.0 Å². The van der Waals surface area contributed by atoms with E-state index in [4.69, 9.17) is 4.98 Å². The van der Waals surface area contributed by atoms with E-state index in [1.807, 2.05) is 4.90 Å². The van der Waals surface area contributed by atoms with E-state index < -0.39 is 0 Å². The Morgan fingerprint density at radius 2 is 2.00 bits per heavy atom. The average molecular weight is 343 g/mol. The largest absolute Gasteiger partial charge is 0.339 e. The van der Waals surface area contributed by atoms with Crippen LogP contribution in [-0.4, -0.2) is 34.1 Å². The summed E-state index contributed by atoms with van der Waals surface area (Å²) in [5, 5.41) is 2.16. The zero-order valence-electron chi connectivity index (χ0n) is 15.1. The lowest BCUT2D eigenvalue weighted by molar-refractivity contribution is -0.131. The molecule has 0 unspecified atom stereocenters. The summed E-state index contributed by atoms with van der Waals surface area (Å²) in [5.41, 5.74) is 4.75. The highest BCUT2D eigenvalue weighted by Crippen LogP contribution is 2.27. The number of benzene rings is 1. The van der Waals surface area contributed by atoms with Gasteiger partial charge in [-0.3, -0.25) is 4.79 Å². The Morgan fingerprint density at radius 1 is 1.21 bits per heavy atom. The van der Waals surface area contributed by atoms with E-state index in [1.165, 1.54) is 28.5 Å². The number of nitrogens with zero attached hydrogens (tertiary/aromatic N) is 2. The number of rotatable bonds is 3. The molecule has 24 heavy (non-hydrogen) atoms. The number of amides is 1. The first-order valence-corrected chi connectivity index (χ1v) is 9.75. The molecule has 1 saturated heterocycles. The maximum atomic E-state index is 12.5. The summed E-state index contributed by atoms with van der Waals surface area (Å²) in [7, 11) is 0. The molecule has 0 saturated carbocycles. The topological polar surface area (TPSA) is 33.2 Å². The summed E-state index contributed by atoms with van der Waals surface area (Å²) in [6.45, 7) is 9.42. The number of aryl methyl sites for hydroxylation is 3. The Morgan fingerprint density at radius 3 is 2.75 bits per heavy atom. The van der Waals surface area contributed by atoms with Crippen LogP contribution in [0.3, 0.4) is 0 Å². The third kappa shape index (κ3) is 3.59. The van der Waals surface area contributed by atoms with Crippen molar-refractivity contribution in [3.63, 3.8) is 0 Å². The van der Waals surface area contributed by atoms with Crippen LogP contribution in [0.4, 0.5) is 0 Å². The molecular formula is C20H26N2OS. The van der Waals surface area contributed by atoms with E-state index in [-0.39, 0.29) is 5.91 Å². The fourth-order valence-electron chi connectivity index (χ4n) is 3.58. The SMILES string of the molecule is Cc1cc(C)c2nc(SCC(=O)N3CCCC[C@@H]3C)cc(C)c2c1. The molecule has 4 heteroatoms. The van der Waals surface area contributed by atoms with Crippen LogP contribution < -0.4 is 0 Å². The van der Waals surface area contributed by atoms with E-state index in [0.717, 1.165) is 29.9 Å². The summed E-state index contributed by atoms with van der Waals surface area (Å²) in [4.78, 5) is 19.4. The number of likely N-dealkylation sites (tertiary alicyclic amines) is 1. The Bertz CT molecular complexity index is 772. The lowest BCUT2D eigenvalue weighted by Crippen LogP contribution is -2.42. The first kappa shape index (κ1) is 17.3. The predicted octanol–water partition coefficient (Wildman–Crippen LogP) is 4.65. The summed E-state index contributed by atoms with van der Waals surface area (Å²) in [6, 6.07) is 6.85. The van der Waals surface area contributed by atoms with Gasteiger partial charge in [-0.1, -0.05) is 23.4 Å². The molecule has 1 fully saturated rings. The van der Waals surface area contributed by atoms with Crippen LogP contribution in [-0.2, 0) is 4.79 Å². The molecular weight excluding hydrogens is 316 g/mol. The zero-order valence-corrected chi connectivity index (χ0v) is 15.9. The minimum Gasteiger partial charge on any atom is -0.339 e. The molecule has 0 N–H and O–H groups in total. The second-order valence-corrected chi connectivity index (χ2v) is 7.97. The summed E-state index contributed by atoms with van der Waals surface area (Å²) in [6.07, 6.45) is 3.50. The minimum atomic E-state index is 0.243. The number of fused-ring (bicyclic) bond motifs is 1. The van der Waals surface area contributed by atoms with Gasteiger partial charge < -0.3 is 4.90 Å². The van der Waals surface area contributed by atoms with Crippen LogP contribution in [0.15, 0.2) is 23.2 Å². The van der Waals surface area contributed by atoms with Gasteiger partial charge in [0.15, 0.2) is 0 Å². The van der Waals surface area contributed by atoms with Crippen molar-refractivity contribution in [2.75, 3.05) is 12.3 Å². The smallest absolute Gasteiger partial charge is 0.233 e. The van der Waals surface area contributed by atoms with E-state index >= 15 is 0 Å². The van der Waals surface area contributed by atoms with Crippen LogP contribution in [0.5, 0.6) is 0 Å². The van der Waals surface area contributed by atoms with Gasteiger partial charge in [0.1, 0.15) is 0 Å². The molecule has 0 spiro atoms. The van der Waals surface area contributed by atoms with E-state index in [0.29, 0.717) is 11.8 Å². The molecule has 1 aromatic carbocycles. The Labute approximate surface area is 148 Å². The van der Waals surface area contributed by atoms with Gasteiger partial charge in [0.25, 0.3) is 0 Å². The molecule has 1 aliphatic heterocycles. The van der Waals surface area contributed by atoms with E-state index in [9.17, 15) is 4.79 Å². The van der Waals surface area contributed by atoms with Crippen molar-refractivity contribution < 1.29 is 4.79 Å². The van der Waals surface area contributed by atoms with E-state index in [2.05, 4.69) is 45.9 Å². The number of carbonyl (C=O) groups excluding carboxylic acids is 1. The van der Waals surface area contributed by atoms with Crippen molar-refractivity contribution in [1.82, 2.24) is 9.88 Å². The second-order valence-electron chi connectivity index (χ2n) is 6.98. The molecule has 2 heterocycles. The van der Waals surface area contributed by atoms with Gasteiger partial charge in [0.2, 0.25) is 5.91 Å². The Kier molecular flexibility index (Phi) is 5.14. The van der Waals surface area contributed by atoms with Crippen molar-refractivity contribution in [3.05, 3.63) is 34.9 Å². The van der Waals surface area contributed by atoms with Gasteiger partial charge >= 0.3 is 0 Å². The van der Waals surface area contributed by atoms with Gasteiger partial charge in [-0.15, -0.1) is 0 Å². The number of thioether (sulfide) groups is 1. The number of hydrogen-bond donors (Lipinski definition) is 0. The highest BCUT2D eigenvalue weighted by molar-refractivity contribution is 7.99. The quantitative estimate of drug-likeness (QED) is 0.761. The van der Waals surface area contributed by atoms with Crippen LogP contribution in [0.2, 0.25) is 0 Å². The second kappa shape index (κ2) is 7.14. The van der Waals surface area contributed by atoms with Crippen molar-refractivity contribution >= 4 is 28.6 Å². The van der Waals surface area contributed by atoms with Crippen molar-refractivity contribution in [2.24, 2.45) is 0 Å². The van der Waals surface area contributed by atoms with Gasteiger partial charge in [-0.05, 0) is 70.2 Å². The normalized spacial score (nSPS) is 18.2. The number of aromatic nitrogens is 1. The molecule has 1 atom stereocenters. The predicted molar refractivity (Wildman–Crippen MR) is 102 cm³/mol. The van der Waals surface area contributed by atoms with Gasteiger partial charge in [0.05, 0.1) is 16.3 Å². The molecule has 3 rings (SSSR count). The molecule has 0 aliphatic carbocycles. The summed E-state index contributed by atoms with van der Waals surface area (Å²) in [5.74, 6) is 0.722. The first-order valence-electron chi connectivity index (χ1n) is 8.76. The first-order chi connectivity index (χ1) is 11.5. The fourth-order valence-corrected chi connectivity index (χ4v) is 4.43. The number of pyridine rings is 1. The van der Waals surface area contributed by atoms with Gasteiger partial charge in [-0.2, -0.15) is 0 Å². The van der Waals surface area contributed by atoms with Crippen LogP contribution in [0.25, 0.3) is 10.9 Å². The maximum absolute atomic E-state index is 12.5. The lowest BCUT2D eigenvalue weighted by Gasteiger charge is -2.33.